The van der Waals surface area contributed by atoms with Gasteiger partial charge in [0.25, 0.3) is 0 Å². The molecule has 0 spiro atoms. The number of hydrogen-bond donors (Lipinski definition) is 0. The van der Waals surface area contributed by atoms with Crippen LogP contribution in [0.1, 0.15) is 108 Å². The zero-order valence-corrected chi connectivity index (χ0v) is 32.1. The monoisotopic (exact) mass is 636 g/mol. The topological polar surface area (TPSA) is 0 Å². The van der Waals surface area contributed by atoms with Crippen molar-refractivity contribution < 1.29 is 0 Å². The summed E-state index contributed by atoms with van der Waals surface area (Å²) in [6, 6.07) is 35.4. The fraction of sp³-hybridized carbons (Fsp3) is 0.391. The van der Waals surface area contributed by atoms with Crippen molar-refractivity contribution in [1.29, 1.82) is 0 Å². The summed E-state index contributed by atoms with van der Waals surface area (Å²) >= 11 is 0. The van der Waals surface area contributed by atoms with Crippen LogP contribution >= 0.6 is 0 Å². The minimum absolute atomic E-state index is 0.00398. The number of allylic oxidation sites excluding steroid dienone is 4. The predicted molar refractivity (Wildman–Crippen MR) is 207 cm³/mol. The molecule has 0 N–H and O–H groups in total. The van der Waals surface area contributed by atoms with Gasteiger partial charge in [0.1, 0.15) is 0 Å². The van der Waals surface area contributed by atoms with Gasteiger partial charge in [0.2, 0.25) is 0 Å². The van der Waals surface area contributed by atoms with Crippen molar-refractivity contribution >= 4 is 8.07 Å². The van der Waals surface area contributed by atoms with Crippen LogP contribution in [0.5, 0.6) is 0 Å². The van der Waals surface area contributed by atoms with E-state index in [1.807, 2.05) is 0 Å². The first-order valence-corrected chi connectivity index (χ1v) is 20.7. The Balaban J connectivity index is 1.76. The van der Waals surface area contributed by atoms with Crippen molar-refractivity contribution in [2.45, 2.75) is 110 Å². The maximum Gasteiger partial charge on any atom is 0.0855 e. The van der Waals surface area contributed by atoms with Gasteiger partial charge in [0, 0.05) is 5.92 Å². The highest BCUT2D eigenvalue weighted by Gasteiger charge is 2.49. The van der Waals surface area contributed by atoms with Gasteiger partial charge >= 0.3 is 0 Å². The van der Waals surface area contributed by atoms with E-state index in [4.69, 9.17) is 0 Å². The average Bonchev–Trinajstić information content (AvgIpc) is 3.58. The summed E-state index contributed by atoms with van der Waals surface area (Å²) in [5.74, 6) is 0.199. The summed E-state index contributed by atoms with van der Waals surface area (Å²) < 4.78 is 0. The van der Waals surface area contributed by atoms with Crippen LogP contribution in [0.15, 0.2) is 114 Å². The predicted octanol–water partition coefficient (Wildman–Crippen LogP) is 12.7. The molecule has 0 aliphatic heterocycles. The lowest BCUT2D eigenvalue weighted by atomic mass is 9.58. The van der Waals surface area contributed by atoms with Gasteiger partial charge in [0.15, 0.2) is 0 Å². The second-order valence-electron chi connectivity index (χ2n) is 18.0. The summed E-state index contributed by atoms with van der Waals surface area (Å²) in [7, 11) is -1.79. The Morgan fingerprint density at radius 3 is 1.64 bits per heavy atom. The highest BCUT2D eigenvalue weighted by molar-refractivity contribution is 6.87. The van der Waals surface area contributed by atoms with E-state index in [2.05, 4.69) is 185 Å². The molecule has 1 atom stereocenters. The first kappa shape index (κ1) is 33.5. The van der Waals surface area contributed by atoms with Crippen LogP contribution in [0.3, 0.4) is 0 Å². The molecule has 0 bridgehead atoms. The second-order valence-corrected chi connectivity index (χ2v) is 23.3. The molecule has 244 valence electrons. The van der Waals surface area contributed by atoms with Gasteiger partial charge in [0.05, 0.1) is 13.5 Å². The first-order chi connectivity index (χ1) is 21.9. The van der Waals surface area contributed by atoms with Gasteiger partial charge < -0.3 is 0 Å². The van der Waals surface area contributed by atoms with E-state index in [0.29, 0.717) is 0 Å². The number of fused-ring (bicyclic) bond motifs is 3. The Bertz CT molecular complexity index is 1820. The fourth-order valence-electron chi connectivity index (χ4n) is 7.91. The molecule has 0 saturated carbocycles. The van der Waals surface area contributed by atoms with Crippen LogP contribution in [0.2, 0.25) is 18.1 Å². The van der Waals surface area contributed by atoms with Crippen LogP contribution in [0.4, 0.5) is 0 Å². The van der Waals surface area contributed by atoms with E-state index in [1.165, 1.54) is 55.6 Å². The largest absolute Gasteiger partial charge is 0.0855 e. The average molecular weight is 637 g/mol. The van der Waals surface area contributed by atoms with Crippen LogP contribution in [0.25, 0.3) is 11.1 Å². The van der Waals surface area contributed by atoms with Crippen molar-refractivity contribution in [3.05, 3.63) is 153 Å². The Morgan fingerprint density at radius 1 is 0.596 bits per heavy atom. The number of hydrogen-bond acceptors (Lipinski definition) is 0. The fourth-order valence-corrected chi connectivity index (χ4v) is 9.95. The molecule has 0 amide bonds. The lowest BCUT2D eigenvalue weighted by Gasteiger charge is -2.43. The molecule has 47 heavy (non-hydrogen) atoms. The highest BCUT2D eigenvalue weighted by Crippen LogP contribution is 2.57. The zero-order chi connectivity index (χ0) is 34.2. The van der Waals surface area contributed by atoms with Crippen LogP contribution in [0, 0.1) is 5.92 Å². The van der Waals surface area contributed by atoms with Crippen molar-refractivity contribution in [2.24, 2.45) is 5.92 Å². The normalized spacial score (nSPS) is 16.9. The van der Waals surface area contributed by atoms with Crippen molar-refractivity contribution in [3.63, 3.8) is 0 Å². The number of rotatable bonds is 5. The van der Waals surface area contributed by atoms with Gasteiger partial charge in [-0.25, -0.2) is 0 Å². The Labute approximate surface area is 287 Å². The molecule has 6 rings (SSSR count). The van der Waals surface area contributed by atoms with Crippen molar-refractivity contribution in [2.75, 3.05) is 0 Å². The van der Waals surface area contributed by atoms with Gasteiger partial charge in [-0.05, 0) is 79.3 Å². The maximum atomic E-state index is 2.71. The number of benzene rings is 4. The Kier molecular flexibility index (Phi) is 8.07. The van der Waals surface area contributed by atoms with Gasteiger partial charge in [-0.1, -0.05) is 189 Å². The summed E-state index contributed by atoms with van der Waals surface area (Å²) in [6.07, 6.45) is 6.26. The van der Waals surface area contributed by atoms with Crippen molar-refractivity contribution in [1.82, 2.24) is 0 Å². The lowest BCUT2D eigenvalue weighted by molar-refractivity contribution is 0.500. The minimum atomic E-state index is -1.79. The third-order valence-corrected chi connectivity index (χ3v) is 17.4. The zero-order valence-electron chi connectivity index (χ0n) is 31.1. The van der Waals surface area contributed by atoms with Gasteiger partial charge in [-0.15, -0.1) is 0 Å². The van der Waals surface area contributed by atoms with Crippen LogP contribution < -0.4 is 0 Å². The van der Waals surface area contributed by atoms with E-state index in [1.54, 1.807) is 5.20 Å². The van der Waals surface area contributed by atoms with E-state index in [0.717, 1.165) is 6.42 Å². The van der Waals surface area contributed by atoms with E-state index in [9.17, 15) is 0 Å². The second kappa shape index (κ2) is 11.3. The molecule has 0 radical (unpaired) electrons. The molecule has 1 unspecified atom stereocenters. The molecule has 2 aliphatic carbocycles. The first-order valence-electron chi connectivity index (χ1n) is 17.7. The molecule has 4 aromatic rings. The Morgan fingerprint density at radius 2 is 1.13 bits per heavy atom. The standard InChI is InChI=1S/C46H56Si/c1-31-25-37(47(11,12)45(8,9)10)30-41(31)46(33-19-15-13-16-20-33,34-21-17-14-18-22-34)42-29-36(44(5,6)7)28-39-38-27-35(43(2,3)4)24-23-32(38)26-40(39)42/h13-25,27-30,41H,26H2,1-12H3. The van der Waals surface area contributed by atoms with Crippen molar-refractivity contribution in [3.8, 4) is 11.1 Å². The summed E-state index contributed by atoms with van der Waals surface area (Å²) in [6.45, 7) is 29.0. The Hall–Kier alpha value is -3.42. The van der Waals surface area contributed by atoms with Gasteiger partial charge in [-0.2, -0.15) is 0 Å². The quantitative estimate of drug-likeness (QED) is 0.133. The van der Waals surface area contributed by atoms with E-state index in [-0.39, 0.29) is 21.8 Å². The summed E-state index contributed by atoms with van der Waals surface area (Å²) in [5.41, 5.74) is 14.0. The third-order valence-electron chi connectivity index (χ3n) is 11.9. The third kappa shape index (κ3) is 5.53. The molecule has 0 aromatic heterocycles. The van der Waals surface area contributed by atoms with E-state index >= 15 is 0 Å². The lowest BCUT2D eigenvalue weighted by Crippen LogP contribution is -2.40. The molecule has 0 saturated heterocycles. The molecule has 0 nitrogen and oxygen atoms in total. The SMILES string of the molecule is CC1=CC([Si](C)(C)C(C)(C)C)=CC1C(c1ccccc1)(c1ccccc1)c1cc(C(C)(C)C)cc2c1Cc1ccc(C(C)(C)C)cc1-2. The smallest absolute Gasteiger partial charge is 0.0765 e. The molecule has 0 heterocycles. The molecular formula is C46H56Si. The molecule has 4 aromatic carbocycles. The van der Waals surface area contributed by atoms with Crippen LogP contribution in [-0.4, -0.2) is 8.07 Å². The highest BCUT2D eigenvalue weighted by atomic mass is 28.3. The minimum Gasteiger partial charge on any atom is -0.0765 e. The molecule has 0 fully saturated rings. The van der Waals surface area contributed by atoms with E-state index < -0.39 is 13.5 Å². The molecule has 2 aliphatic rings. The summed E-state index contributed by atoms with van der Waals surface area (Å²) in [4.78, 5) is 0. The van der Waals surface area contributed by atoms with Crippen LogP contribution in [-0.2, 0) is 22.7 Å². The maximum absolute atomic E-state index is 2.71. The summed E-state index contributed by atoms with van der Waals surface area (Å²) in [5, 5.41) is 1.84. The van der Waals surface area contributed by atoms with Gasteiger partial charge in [-0.3, -0.25) is 0 Å². The molecule has 1 heteroatoms. The molecular weight excluding hydrogens is 581 g/mol.